The molecule has 4 nitrogen and oxygen atoms in total. The lowest BCUT2D eigenvalue weighted by molar-refractivity contribution is -0.135. The summed E-state index contributed by atoms with van der Waals surface area (Å²) in [5, 5.41) is 4.85. The maximum Gasteiger partial charge on any atom is 0.354 e. The fraction of sp³-hybridized carbons (Fsp3) is 0.333. The molecule has 1 N–H and O–H groups in total. The van der Waals surface area contributed by atoms with Gasteiger partial charge in [0.05, 0.1) is 22.3 Å². The van der Waals surface area contributed by atoms with Crippen LogP contribution in [0.3, 0.4) is 0 Å². The molecule has 18 heavy (non-hydrogen) atoms. The molecule has 98 valence electrons. The Balaban J connectivity index is 2.86. The molecular formula is C12H14Cl2N2O2. The molecule has 0 aromatic heterocycles. The summed E-state index contributed by atoms with van der Waals surface area (Å²) in [5.74, 6) is -0.448. The van der Waals surface area contributed by atoms with Crippen molar-refractivity contribution in [2.45, 2.75) is 20.3 Å². The van der Waals surface area contributed by atoms with Gasteiger partial charge in [-0.1, -0.05) is 36.2 Å². The predicted octanol–water partition coefficient (Wildman–Crippen LogP) is 3.73. The first-order valence-corrected chi connectivity index (χ1v) is 6.29. The zero-order valence-electron chi connectivity index (χ0n) is 10.2. The molecule has 0 radical (unpaired) electrons. The van der Waals surface area contributed by atoms with Gasteiger partial charge in [-0.2, -0.15) is 5.10 Å². The Bertz CT molecular complexity index is 441. The SMILES string of the molecule is CCOC(=O)/C(CC)=N\Nc1c(Cl)cccc1Cl. The van der Waals surface area contributed by atoms with Gasteiger partial charge in [-0.15, -0.1) is 0 Å². The molecule has 0 amide bonds. The third-order valence-electron chi connectivity index (χ3n) is 2.11. The summed E-state index contributed by atoms with van der Waals surface area (Å²) in [5.41, 5.74) is 3.45. The molecule has 0 aliphatic rings. The normalized spacial score (nSPS) is 11.2. The van der Waals surface area contributed by atoms with E-state index in [2.05, 4.69) is 10.5 Å². The number of carbonyl (C=O) groups excluding carboxylic acids is 1. The molecule has 1 aromatic rings. The van der Waals surface area contributed by atoms with Gasteiger partial charge >= 0.3 is 5.97 Å². The largest absolute Gasteiger partial charge is 0.461 e. The van der Waals surface area contributed by atoms with Crippen molar-refractivity contribution in [3.63, 3.8) is 0 Å². The van der Waals surface area contributed by atoms with Crippen LogP contribution in [0.5, 0.6) is 0 Å². The number of hydrogen-bond donors (Lipinski definition) is 1. The number of halogens is 2. The van der Waals surface area contributed by atoms with Crippen molar-refractivity contribution in [2.75, 3.05) is 12.0 Å². The molecule has 0 aliphatic heterocycles. The Morgan fingerprint density at radius 3 is 2.44 bits per heavy atom. The number of ether oxygens (including phenoxy) is 1. The Kier molecular flexibility index (Phi) is 5.95. The highest BCUT2D eigenvalue weighted by Crippen LogP contribution is 2.29. The van der Waals surface area contributed by atoms with Crippen LogP contribution in [-0.4, -0.2) is 18.3 Å². The molecule has 0 saturated heterocycles. The Hall–Kier alpha value is -1.26. The standard InChI is InChI=1S/C12H14Cl2N2O2/c1-3-10(12(17)18-4-2)15-16-11-8(13)6-5-7-9(11)14/h5-7,16H,3-4H2,1-2H3/b15-10-. The zero-order chi connectivity index (χ0) is 13.5. The summed E-state index contributed by atoms with van der Waals surface area (Å²) >= 11 is 11.9. The lowest BCUT2D eigenvalue weighted by Crippen LogP contribution is -2.18. The number of rotatable bonds is 5. The minimum atomic E-state index is -0.448. The van der Waals surface area contributed by atoms with Gasteiger partial charge in [-0.3, -0.25) is 5.43 Å². The molecule has 0 spiro atoms. The van der Waals surface area contributed by atoms with Crippen molar-refractivity contribution in [3.05, 3.63) is 28.2 Å². The van der Waals surface area contributed by atoms with Crippen LogP contribution < -0.4 is 5.43 Å². The van der Waals surface area contributed by atoms with Gasteiger partial charge in [0.2, 0.25) is 0 Å². The molecule has 1 aromatic carbocycles. The molecule has 0 fully saturated rings. The zero-order valence-corrected chi connectivity index (χ0v) is 11.7. The van der Waals surface area contributed by atoms with E-state index in [0.717, 1.165) is 0 Å². The molecule has 0 unspecified atom stereocenters. The average Bonchev–Trinajstić information content (AvgIpc) is 2.33. The number of hydrazone groups is 1. The number of hydrogen-bond acceptors (Lipinski definition) is 4. The summed E-state index contributed by atoms with van der Waals surface area (Å²) < 4.78 is 4.87. The van der Waals surface area contributed by atoms with Crippen molar-refractivity contribution in [1.82, 2.24) is 0 Å². The number of nitrogens with zero attached hydrogens (tertiary/aromatic N) is 1. The summed E-state index contributed by atoms with van der Waals surface area (Å²) in [7, 11) is 0. The van der Waals surface area contributed by atoms with E-state index in [1.807, 2.05) is 6.92 Å². The summed E-state index contributed by atoms with van der Waals surface area (Å²) in [6.07, 6.45) is 0.452. The van der Waals surface area contributed by atoms with Gasteiger partial charge in [0.1, 0.15) is 5.71 Å². The first kappa shape index (κ1) is 14.8. The van der Waals surface area contributed by atoms with Gasteiger partial charge in [0.15, 0.2) is 0 Å². The lowest BCUT2D eigenvalue weighted by atomic mass is 10.3. The second-order valence-electron chi connectivity index (χ2n) is 3.34. The van der Waals surface area contributed by atoms with E-state index < -0.39 is 5.97 Å². The van der Waals surface area contributed by atoms with E-state index >= 15 is 0 Å². The van der Waals surface area contributed by atoms with E-state index in [4.69, 9.17) is 27.9 Å². The topological polar surface area (TPSA) is 50.7 Å². The highest BCUT2D eigenvalue weighted by atomic mass is 35.5. The van der Waals surface area contributed by atoms with Gasteiger partial charge in [0.25, 0.3) is 0 Å². The average molecular weight is 289 g/mol. The predicted molar refractivity (Wildman–Crippen MR) is 74.4 cm³/mol. The number of benzene rings is 1. The van der Waals surface area contributed by atoms with E-state index in [9.17, 15) is 4.79 Å². The highest BCUT2D eigenvalue weighted by molar-refractivity contribution is 6.39. The van der Waals surface area contributed by atoms with Crippen LogP contribution in [0, 0.1) is 0 Å². The third-order valence-corrected chi connectivity index (χ3v) is 2.74. The number of carbonyl (C=O) groups is 1. The maximum absolute atomic E-state index is 11.5. The lowest BCUT2D eigenvalue weighted by Gasteiger charge is -2.07. The Morgan fingerprint density at radius 2 is 1.94 bits per heavy atom. The molecule has 0 heterocycles. The van der Waals surface area contributed by atoms with E-state index in [0.29, 0.717) is 28.8 Å². The molecular weight excluding hydrogens is 275 g/mol. The molecule has 0 atom stereocenters. The molecule has 0 aliphatic carbocycles. The van der Waals surface area contributed by atoms with Gasteiger partial charge in [0, 0.05) is 0 Å². The Morgan fingerprint density at radius 1 is 1.33 bits per heavy atom. The number of nitrogens with one attached hydrogen (secondary N) is 1. The Labute approximate surface area is 116 Å². The van der Waals surface area contributed by atoms with Crippen LogP contribution in [0.4, 0.5) is 5.69 Å². The van der Waals surface area contributed by atoms with Crippen LogP contribution >= 0.6 is 23.2 Å². The van der Waals surface area contributed by atoms with E-state index in [1.54, 1.807) is 25.1 Å². The van der Waals surface area contributed by atoms with Crippen LogP contribution in [0.1, 0.15) is 20.3 Å². The second-order valence-corrected chi connectivity index (χ2v) is 4.16. The monoisotopic (exact) mass is 288 g/mol. The van der Waals surface area contributed by atoms with Crippen molar-refractivity contribution in [3.8, 4) is 0 Å². The van der Waals surface area contributed by atoms with Gasteiger partial charge in [-0.25, -0.2) is 4.79 Å². The van der Waals surface area contributed by atoms with Crippen molar-refractivity contribution < 1.29 is 9.53 Å². The number of para-hydroxylation sites is 1. The van der Waals surface area contributed by atoms with Crippen molar-refractivity contribution in [1.29, 1.82) is 0 Å². The second kappa shape index (κ2) is 7.24. The van der Waals surface area contributed by atoms with Crippen LogP contribution in [-0.2, 0) is 9.53 Å². The molecule has 6 heteroatoms. The van der Waals surface area contributed by atoms with E-state index in [-0.39, 0.29) is 5.71 Å². The summed E-state index contributed by atoms with van der Waals surface area (Å²) in [4.78, 5) is 11.5. The number of anilines is 1. The quantitative estimate of drug-likeness (QED) is 0.510. The summed E-state index contributed by atoms with van der Waals surface area (Å²) in [6.45, 7) is 3.86. The van der Waals surface area contributed by atoms with Crippen molar-refractivity contribution in [2.24, 2.45) is 5.10 Å². The van der Waals surface area contributed by atoms with Gasteiger partial charge in [-0.05, 0) is 25.5 Å². The highest BCUT2D eigenvalue weighted by Gasteiger charge is 2.11. The van der Waals surface area contributed by atoms with Crippen LogP contribution in [0.2, 0.25) is 10.0 Å². The first-order chi connectivity index (χ1) is 8.60. The summed E-state index contributed by atoms with van der Waals surface area (Å²) in [6, 6.07) is 5.09. The fourth-order valence-corrected chi connectivity index (χ4v) is 1.69. The third kappa shape index (κ3) is 3.89. The minimum absolute atomic E-state index is 0.285. The first-order valence-electron chi connectivity index (χ1n) is 5.53. The molecule has 0 saturated carbocycles. The molecule has 0 bridgehead atoms. The minimum Gasteiger partial charge on any atom is -0.461 e. The van der Waals surface area contributed by atoms with Gasteiger partial charge < -0.3 is 4.74 Å². The fourth-order valence-electron chi connectivity index (χ4n) is 1.21. The maximum atomic E-state index is 11.5. The molecule has 1 rings (SSSR count). The van der Waals surface area contributed by atoms with Crippen LogP contribution in [0.25, 0.3) is 0 Å². The van der Waals surface area contributed by atoms with Crippen LogP contribution in [0.15, 0.2) is 23.3 Å². The smallest absolute Gasteiger partial charge is 0.354 e. The van der Waals surface area contributed by atoms with Crippen molar-refractivity contribution >= 4 is 40.6 Å². The van der Waals surface area contributed by atoms with E-state index in [1.165, 1.54) is 0 Å². The number of esters is 1.